The second-order valence-corrected chi connectivity index (χ2v) is 8.16. The topological polar surface area (TPSA) is 80.6 Å². The lowest BCUT2D eigenvalue weighted by atomic mass is 10.1. The Labute approximate surface area is 212 Å². The van der Waals surface area contributed by atoms with Crippen molar-refractivity contribution in [1.82, 2.24) is 0 Å². The molecule has 0 bridgehead atoms. The van der Waals surface area contributed by atoms with Gasteiger partial charge >= 0.3 is 0 Å². The first-order valence-electron chi connectivity index (χ1n) is 9.86. The minimum Gasteiger partial charge on any atom is -0.497 e. The van der Waals surface area contributed by atoms with Crippen molar-refractivity contribution in [2.75, 3.05) is 19.5 Å². The molecule has 1 N–H and O–H groups in total. The number of nitrogens with zero attached hydrogens (tertiary/aromatic N) is 1. The van der Waals surface area contributed by atoms with Crippen molar-refractivity contribution < 1.29 is 19.0 Å². The van der Waals surface area contributed by atoms with Crippen molar-refractivity contribution in [1.29, 1.82) is 5.26 Å². The summed E-state index contributed by atoms with van der Waals surface area (Å²) in [7, 11) is 3.01. The zero-order chi connectivity index (χ0) is 24.7. The largest absolute Gasteiger partial charge is 0.497 e. The first-order valence-corrected chi connectivity index (χ1v) is 11.0. The predicted octanol–water partition coefficient (Wildman–Crippen LogP) is 6.79. The van der Waals surface area contributed by atoms with E-state index in [1.807, 2.05) is 6.07 Å². The number of halogens is 3. The monoisotopic (exact) mass is 516 g/mol. The lowest BCUT2D eigenvalue weighted by molar-refractivity contribution is -0.112. The van der Waals surface area contributed by atoms with Crippen molar-refractivity contribution in [2.45, 2.75) is 6.61 Å². The highest BCUT2D eigenvalue weighted by Crippen LogP contribution is 2.38. The van der Waals surface area contributed by atoms with Gasteiger partial charge in [-0.15, -0.1) is 0 Å². The summed E-state index contributed by atoms with van der Waals surface area (Å²) in [5, 5.41) is 13.4. The van der Waals surface area contributed by atoms with Crippen LogP contribution in [0.5, 0.6) is 17.2 Å². The van der Waals surface area contributed by atoms with Crippen LogP contribution in [-0.2, 0) is 11.4 Å². The van der Waals surface area contributed by atoms with Gasteiger partial charge in [-0.1, -0.05) is 40.9 Å². The molecule has 6 nitrogen and oxygen atoms in total. The predicted molar refractivity (Wildman–Crippen MR) is 134 cm³/mol. The molecule has 0 saturated heterocycles. The molecule has 0 aromatic heterocycles. The van der Waals surface area contributed by atoms with Gasteiger partial charge in [0.2, 0.25) is 0 Å². The van der Waals surface area contributed by atoms with E-state index in [2.05, 4.69) is 5.32 Å². The van der Waals surface area contributed by atoms with Gasteiger partial charge in [0.1, 0.15) is 24.0 Å². The van der Waals surface area contributed by atoms with Crippen LogP contribution in [0.25, 0.3) is 6.08 Å². The highest BCUT2D eigenvalue weighted by molar-refractivity contribution is 6.35. The Morgan fingerprint density at radius 1 is 1.00 bits per heavy atom. The van der Waals surface area contributed by atoms with E-state index in [0.717, 1.165) is 5.56 Å². The smallest absolute Gasteiger partial charge is 0.266 e. The fraction of sp³-hybridized carbons (Fsp3) is 0.120. The summed E-state index contributed by atoms with van der Waals surface area (Å²) in [4.78, 5) is 12.6. The minimum absolute atomic E-state index is 0.115. The third-order valence-electron chi connectivity index (χ3n) is 4.66. The fourth-order valence-corrected chi connectivity index (χ4v) is 3.68. The molecule has 34 heavy (non-hydrogen) atoms. The lowest BCUT2D eigenvalue weighted by Gasteiger charge is -2.14. The number of nitriles is 1. The molecule has 0 spiro atoms. The minimum atomic E-state index is -0.569. The summed E-state index contributed by atoms with van der Waals surface area (Å²) in [6.07, 6.45) is 1.41. The molecular formula is C25H19Cl3N2O4. The fourth-order valence-electron chi connectivity index (χ4n) is 2.94. The van der Waals surface area contributed by atoms with E-state index >= 15 is 0 Å². The molecule has 3 aromatic carbocycles. The Balaban J connectivity index is 1.80. The number of ether oxygens (including phenoxy) is 3. The van der Waals surface area contributed by atoms with Crippen molar-refractivity contribution >= 4 is 52.5 Å². The second-order valence-electron chi connectivity index (χ2n) is 6.91. The third-order valence-corrected chi connectivity index (χ3v) is 5.53. The van der Waals surface area contributed by atoms with E-state index in [-0.39, 0.29) is 17.2 Å². The van der Waals surface area contributed by atoms with Crippen LogP contribution in [0.2, 0.25) is 15.1 Å². The molecule has 0 fully saturated rings. The molecule has 0 radical (unpaired) electrons. The Morgan fingerprint density at radius 2 is 1.74 bits per heavy atom. The van der Waals surface area contributed by atoms with Crippen LogP contribution in [0.3, 0.4) is 0 Å². The highest BCUT2D eigenvalue weighted by atomic mass is 35.5. The molecule has 0 atom stereocenters. The molecule has 3 rings (SSSR count). The summed E-state index contributed by atoms with van der Waals surface area (Å²) in [5.41, 5.74) is 1.61. The van der Waals surface area contributed by atoms with Gasteiger partial charge in [-0.2, -0.15) is 5.26 Å². The summed E-state index contributed by atoms with van der Waals surface area (Å²) < 4.78 is 16.3. The van der Waals surface area contributed by atoms with Gasteiger partial charge in [-0.25, -0.2) is 0 Å². The average molecular weight is 518 g/mol. The molecule has 0 aliphatic carbocycles. The van der Waals surface area contributed by atoms with Gasteiger partial charge < -0.3 is 19.5 Å². The zero-order valence-electron chi connectivity index (χ0n) is 18.2. The molecule has 0 aliphatic heterocycles. The van der Waals surface area contributed by atoms with Crippen molar-refractivity contribution in [2.24, 2.45) is 0 Å². The molecule has 0 saturated carbocycles. The SMILES string of the molecule is COc1ccc(NC(=O)/C(C#N)=C\c2cc(Cl)c(OCc3ccc(Cl)cc3Cl)c(OC)c2)cc1. The molecule has 0 aliphatic rings. The first-order chi connectivity index (χ1) is 16.3. The van der Waals surface area contributed by atoms with Gasteiger partial charge in [0, 0.05) is 21.3 Å². The Morgan fingerprint density at radius 3 is 2.35 bits per heavy atom. The van der Waals surface area contributed by atoms with Crippen LogP contribution in [0.4, 0.5) is 5.69 Å². The van der Waals surface area contributed by atoms with Crippen LogP contribution in [0.1, 0.15) is 11.1 Å². The molecule has 0 unspecified atom stereocenters. The maximum atomic E-state index is 12.6. The number of benzene rings is 3. The van der Waals surface area contributed by atoms with Crippen LogP contribution < -0.4 is 19.5 Å². The van der Waals surface area contributed by atoms with Gasteiger partial charge in [-0.05, 0) is 60.2 Å². The van der Waals surface area contributed by atoms with Crippen LogP contribution >= 0.6 is 34.8 Å². The number of nitrogens with one attached hydrogen (secondary N) is 1. The van der Waals surface area contributed by atoms with Crippen molar-refractivity contribution in [3.05, 3.63) is 86.4 Å². The second kappa shape index (κ2) is 11.7. The zero-order valence-corrected chi connectivity index (χ0v) is 20.5. The number of anilines is 1. The number of carbonyl (C=O) groups excluding carboxylic acids is 1. The van der Waals surface area contributed by atoms with E-state index in [9.17, 15) is 10.1 Å². The highest BCUT2D eigenvalue weighted by Gasteiger charge is 2.15. The average Bonchev–Trinajstić information content (AvgIpc) is 2.82. The Hall–Kier alpha value is -3.37. The van der Waals surface area contributed by atoms with E-state index in [1.165, 1.54) is 13.2 Å². The number of rotatable bonds is 8. The quantitative estimate of drug-likeness (QED) is 0.263. The summed E-state index contributed by atoms with van der Waals surface area (Å²) in [5.74, 6) is 0.710. The Bertz CT molecular complexity index is 1270. The first kappa shape index (κ1) is 25.3. The van der Waals surface area contributed by atoms with Gasteiger partial charge in [0.15, 0.2) is 11.5 Å². The molecular weight excluding hydrogens is 499 g/mol. The van der Waals surface area contributed by atoms with E-state index < -0.39 is 5.91 Å². The van der Waals surface area contributed by atoms with Crippen LogP contribution in [0, 0.1) is 11.3 Å². The summed E-state index contributed by atoms with van der Waals surface area (Å²) in [6.45, 7) is 0.134. The van der Waals surface area contributed by atoms with E-state index in [4.69, 9.17) is 49.0 Å². The van der Waals surface area contributed by atoms with Crippen molar-refractivity contribution in [3.63, 3.8) is 0 Å². The van der Waals surface area contributed by atoms with Crippen LogP contribution in [0.15, 0.2) is 60.2 Å². The molecule has 174 valence electrons. The van der Waals surface area contributed by atoms with Crippen LogP contribution in [-0.4, -0.2) is 20.1 Å². The maximum Gasteiger partial charge on any atom is 0.266 e. The number of carbonyl (C=O) groups is 1. The van der Waals surface area contributed by atoms with E-state index in [0.29, 0.717) is 38.5 Å². The van der Waals surface area contributed by atoms with Gasteiger partial charge in [0.05, 0.1) is 19.2 Å². The normalized spacial score (nSPS) is 10.9. The third kappa shape index (κ3) is 6.36. The Kier molecular flexibility index (Phi) is 8.67. The number of hydrogen-bond acceptors (Lipinski definition) is 5. The molecule has 0 heterocycles. The molecule has 1 amide bonds. The standard InChI is InChI=1S/C25H19Cl3N2O4/c1-32-20-7-5-19(6-8-20)30-25(31)17(13-29)9-15-10-22(28)24(23(11-15)33-2)34-14-16-3-4-18(26)12-21(16)27/h3-12H,14H2,1-2H3,(H,30,31)/b17-9-. The van der Waals surface area contributed by atoms with Crippen molar-refractivity contribution in [3.8, 4) is 23.3 Å². The number of amides is 1. The summed E-state index contributed by atoms with van der Waals surface area (Å²) in [6, 6.07) is 16.9. The summed E-state index contributed by atoms with van der Waals surface area (Å²) >= 11 is 18.6. The van der Waals surface area contributed by atoms with E-state index in [1.54, 1.807) is 61.7 Å². The van der Waals surface area contributed by atoms with Gasteiger partial charge in [0.25, 0.3) is 5.91 Å². The molecule has 9 heteroatoms. The number of methoxy groups -OCH3 is 2. The number of hydrogen-bond donors (Lipinski definition) is 1. The lowest BCUT2D eigenvalue weighted by Crippen LogP contribution is -2.13. The van der Waals surface area contributed by atoms with Gasteiger partial charge in [-0.3, -0.25) is 4.79 Å². The maximum absolute atomic E-state index is 12.6. The molecule has 3 aromatic rings.